The van der Waals surface area contributed by atoms with Gasteiger partial charge in [0, 0.05) is 22.0 Å². The minimum absolute atomic E-state index is 0.459. The van der Waals surface area contributed by atoms with E-state index < -0.39 is 0 Å². The van der Waals surface area contributed by atoms with Crippen LogP contribution < -0.4 is 0 Å². The van der Waals surface area contributed by atoms with Gasteiger partial charge in [0.05, 0.1) is 5.69 Å². The molecule has 0 radical (unpaired) electrons. The van der Waals surface area contributed by atoms with E-state index in [1.54, 1.807) is 11.2 Å². The zero-order valence-electron chi connectivity index (χ0n) is 18.6. The summed E-state index contributed by atoms with van der Waals surface area (Å²) in [5.74, 6) is 1.25. The molecule has 2 fully saturated rings. The molecule has 5 heteroatoms. The average molecular weight is 419 g/mol. The molecule has 2 saturated carbocycles. The molecule has 1 N–H and O–H groups in total. The summed E-state index contributed by atoms with van der Waals surface area (Å²) in [5.41, 5.74) is 9.66. The quantitative estimate of drug-likeness (QED) is 0.388. The molecule has 0 amide bonds. The number of rotatable bonds is 3. The van der Waals surface area contributed by atoms with Gasteiger partial charge in [-0.3, -0.25) is 0 Å². The first-order valence-electron chi connectivity index (χ1n) is 11.3. The van der Waals surface area contributed by atoms with Crippen molar-refractivity contribution in [1.82, 2.24) is 19.6 Å². The molecule has 1 spiro atoms. The molecule has 2 aliphatic carbocycles. The highest BCUT2D eigenvalue weighted by Crippen LogP contribution is 2.63. The van der Waals surface area contributed by atoms with E-state index in [0.29, 0.717) is 5.92 Å². The van der Waals surface area contributed by atoms with E-state index in [1.807, 2.05) is 15.9 Å². The minimum Gasteiger partial charge on any atom is -0.346 e. The molecule has 2 aliphatic rings. The van der Waals surface area contributed by atoms with Gasteiger partial charge in [0.15, 0.2) is 5.65 Å². The van der Waals surface area contributed by atoms with Gasteiger partial charge in [-0.2, -0.15) is 5.10 Å². The van der Waals surface area contributed by atoms with Gasteiger partial charge in [-0.15, -0.1) is 11.3 Å². The standard InChI is InChI=1S/C25H30N4S/c1-13(2)19-20-16(5)22(17-9-25(10-17)7-6-8-25)30-24(20)28-21(19)18-11-29-23(26-12-27-29)15(4)14(18)3/h11-13,17,28H,6-10H2,1-5H3. The number of aromatic nitrogens is 4. The number of pyridine rings is 1. The lowest BCUT2D eigenvalue weighted by Crippen LogP contribution is -2.41. The number of fused-ring (bicyclic) bond motifs is 2. The number of aromatic amines is 1. The molecule has 4 nitrogen and oxygen atoms in total. The average Bonchev–Trinajstić information content (AvgIpc) is 3.31. The van der Waals surface area contributed by atoms with Crippen molar-refractivity contribution in [3.8, 4) is 11.3 Å². The normalized spacial score (nSPS) is 18.6. The van der Waals surface area contributed by atoms with Crippen LogP contribution in [0.15, 0.2) is 12.5 Å². The number of H-pyrrole nitrogens is 1. The van der Waals surface area contributed by atoms with Crippen LogP contribution in [0.2, 0.25) is 0 Å². The fraction of sp³-hybridized carbons (Fsp3) is 0.520. The Morgan fingerprint density at radius 2 is 1.90 bits per heavy atom. The van der Waals surface area contributed by atoms with Crippen molar-refractivity contribution in [3.05, 3.63) is 39.7 Å². The Labute approximate surface area is 181 Å². The van der Waals surface area contributed by atoms with Crippen LogP contribution in [0.3, 0.4) is 0 Å². The van der Waals surface area contributed by atoms with Gasteiger partial charge in [0.25, 0.3) is 0 Å². The molecule has 4 aromatic heterocycles. The first-order chi connectivity index (χ1) is 14.4. The second kappa shape index (κ2) is 6.19. The number of hydrogen-bond acceptors (Lipinski definition) is 3. The zero-order chi connectivity index (χ0) is 20.8. The second-order valence-corrected chi connectivity index (χ2v) is 11.2. The van der Waals surface area contributed by atoms with Crippen molar-refractivity contribution < 1.29 is 0 Å². The molecule has 30 heavy (non-hydrogen) atoms. The van der Waals surface area contributed by atoms with Gasteiger partial charge >= 0.3 is 0 Å². The van der Waals surface area contributed by atoms with Gasteiger partial charge in [0.1, 0.15) is 11.2 Å². The van der Waals surface area contributed by atoms with Crippen molar-refractivity contribution in [2.45, 2.75) is 78.6 Å². The fourth-order valence-electron chi connectivity index (χ4n) is 6.14. The first kappa shape index (κ1) is 18.6. The van der Waals surface area contributed by atoms with Gasteiger partial charge in [-0.1, -0.05) is 20.3 Å². The number of aryl methyl sites for hydroxylation is 2. The number of thiophene rings is 1. The Balaban J connectivity index is 1.51. The van der Waals surface area contributed by atoms with Crippen molar-refractivity contribution in [2.75, 3.05) is 0 Å². The number of nitrogens with one attached hydrogen (secondary N) is 1. The first-order valence-corrected chi connectivity index (χ1v) is 12.1. The van der Waals surface area contributed by atoms with E-state index in [0.717, 1.165) is 17.0 Å². The highest BCUT2D eigenvalue weighted by molar-refractivity contribution is 7.19. The van der Waals surface area contributed by atoms with Crippen LogP contribution in [0.25, 0.3) is 27.1 Å². The van der Waals surface area contributed by atoms with Crippen LogP contribution in [0.1, 0.15) is 84.9 Å². The molecule has 0 saturated heterocycles. The fourth-order valence-corrected chi connectivity index (χ4v) is 7.47. The molecule has 0 unspecified atom stereocenters. The molecule has 0 atom stereocenters. The largest absolute Gasteiger partial charge is 0.346 e. The third-order valence-corrected chi connectivity index (χ3v) is 9.45. The molecule has 6 rings (SSSR count). The van der Waals surface area contributed by atoms with Crippen LogP contribution in [0, 0.1) is 26.2 Å². The van der Waals surface area contributed by atoms with Crippen LogP contribution in [-0.4, -0.2) is 19.6 Å². The van der Waals surface area contributed by atoms with Crippen molar-refractivity contribution in [3.63, 3.8) is 0 Å². The maximum absolute atomic E-state index is 4.43. The van der Waals surface area contributed by atoms with E-state index in [9.17, 15) is 0 Å². The summed E-state index contributed by atoms with van der Waals surface area (Å²) in [6.07, 6.45) is 11.0. The van der Waals surface area contributed by atoms with Gasteiger partial charge in [-0.05, 0) is 86.0 Å². The van der Waals surface area contributed by atoms with E-state index in [1.165, 1.54) is 75.8 Å². The Kier molecular flexibility index (Phi) is 3.84. The second-order valence-electron chi connectivity index (χ2n) is 10.1. The topological polar surface area (TPSA) is 46.0 Å². The summed E-state index contributed by atoms with van der Waals surface area (Å²) in [7, 11) is 0. The van der Waals surface area contributed by atoms with Gasteiger partial charge in [-0.25, -0.2) is 9.50 Å². The predicted molar refractivity (Wildman–Crippen MR) is 125 cm³/mol. The molecule has 0 bridgehead atoms. The van der Waals surface area contributed by atoms with Gasteiger partial charge in [0.2, 0.25) is 0 Å². The monoisotopic (exact) mass is 418 g/mol. The van der Waals surface area contributed by atoms with Crippen LogP contribution in [-0.2, 0) is 0 Å². The predicted octanol–water partition coefficient (Wildman–Crippen LogP) is 7.04. The summed E-state index contributed by atoms with van der Waals surface area (Å²) < 4.78 is 1.92. The maximum Gasteiger partial charge on any atom is 0.158 e. The van der Waals surface area contributed by atoms with Crippen LogP contribution >= 0.6 is 11.3 Å². The van der Waals surface area contributed by atoms with Crippen molar-refractivity contribution in [1.29, 1.82) is 0 Å². The summed E-state index contributed by atoms with van der Waals surface area (Å²) in [4.78, 5) is 11.3. The lowest BCUT2D eigenvalue weighted by atomic mass is 9.51. The molecule has 4 heterocycles. The Morgan fingerprint density at radius 1 is 1.13 bits per heavy atom. The smallest absolute Gasteiger partial charge is 0.158 e. The summed E-state index contributed by atoms with van der Waals surface area (Å²) in [5, 5.41) is 5.89. The maximum atomic E-state index is 4.43. The third-order valence-electron chi connectivity index (χ3n) is 8.08. The Morgan fingerprint density at radius 3 is 2.57 bits per heavy atom. The molecule has 4 aromatic rings. The van der Waals surface area contributed by atoms with Crippen molar-refractivity contribution >= 4 is 27.2 Å². The summed E-state index contributed by atoms with van der Waals surface area (Å²) in [6.45, 7) is 11.4. The summed E-state index contributed by atoms with van der Waals surface area (Å²) >= 11 is 2.02. The highest BCUT2D eigenvalue weighted by Gasteiger charge is 2.49. The van der Waals surface area contributed by atoms with Gasteiger partial charge < -0.3 is 4.98 Å². The summed E-state index contributed by atoms with van der Waals surface area (Å²) in [6, 6.07) is 0. The van der Waals surface area contributed by atoms with E-state index in [2.05, 4.69) is 55.9 Å². The number of nitrogens with zero attached hydrogens (tertiary/aromatic N) is 3. The van der Waals surface area contributed by atoms with Crippen molar-refractivity contribution in [2.24, 2.45) is 5.41 Å². The van der Waals surface area contributed by atoms with E-state index >= 15 is 0 Å². The lowest BCUT2D eigenvalue weighted by Gasteiger charge is -2.54. The van der Waals surface area contributed by atoms with Crippen LogP contribution in [0.5, 0.6) is 0 Å². The molecule has 0 aromatic carbocycles. The third kappa shape index (κ3) is 2.38. The lowest BCUT2D eigenvalue weighted by molar-refractivity contribution is 0.0100. The molecule has 0 aliphatic heterocycles. The highest BCUT2D eigenvalue weighted by atomic mass is 32.1. The minimum atomic E-state index is 0.459. The molecule has 156 valence electrons. The SMILES string of the molecule is Cc1c(-c2[nH]c3sc(C4CC5(CCC5)C4)c(C)c3c2C(C)C)cn2ncnc2c1C. The Bertz CT molecular complexity index is 1290. The van der Waals surface area contributed by atoms with E-state index in [4.69, 9.17) is 0 Å². The number of hydrogen-bond donors (Lipinski definition) is 1. The zero-order valence-corrected chi connectivity index (χ0v) is 19.4. The molecular formula is C25H30N4S. The molecular weight excluding hydrogens is 388 g/mol. The Hall–Kier alpha value is -2.14. The van der Waals surface area contributed by atoms with E-state index in [-0.39, 0.29) is 0 Å². The van der Waals surface area contributed by atoms with Crippen LogP contribution in [0.4, 0.5) is 0 Å².